The molecule has 2 aromatic rings. The van der Waals surface area contributed by atoms with Gasteiger partial charge in [-0.05, 0) is 48.6 Å². The number of fused-ring (bicyclic) bond motifs is 1. The minimum Gasteiger partial charge on any atom is -0.338 e. The van der Waals surface area contributed by atoms with Crippen LogP contribution in [0.3, 0.4) is 0 Å². The molecule has 2 atom stereocenters. The van der Waals surface area contributed by atoms with E-state index in [9.17, 15) is 18.0 Å². The third kappa shape index (κ3) is 5.39. The molecule has 1 N–H and O–H groups in total. The minimum absolute atomic E-state index is 0.0545. The molecule has 9 heteroatoms. The van der Waals surface area contributed by atoms with Crippen LogP contribution in [0.4, 0.5) is 5.69 Å². The number of rotatable bonds is 6. The molecule has 2 aromatic carbocycles. The average Bonchev–Trinajstić information content (AvgIpc) is 3.33. The summed E-state index contributed by atoms with van der Waals surface area (Å²) in [6.07, 6.45) is 1.51. The number of hydrogen-bond donors (Lipinski definition) is 1. The van der Waals surface area contributed by atoms with E-state index in [0.717, 1.165) is 24.9 Å². The fourth-order valence-corrected chi connectivity index (χ4v) is 5.79. The molecule has 33 heavy (non-hydrogen) atoms. The Morgan fingerprint density at radius 2 is 1.73 bits per heavy atom. The highest BCUT2D eigenvalue weighted by atomic mass is 35.5. The number of aryl methyl sites for hydroxylation is 1. The predicted molar refractivity (Wildman–Crippen MR) is 128 cm³/mol. The summed E-state index contributed by atoms with van der Waals surface area (Å²) in [6.45, 7) is 5.43. The number of nitrogens with zero attached hydrogens (tertiary/aromatic N) is 2. The van der Waals surface area contributed by atoms with E-state index in [0.29, 0.717) is 48.6 Å². The fraction of sp³-hybridized carbons (Fsp3) is 0.417. The normalized spacial score (nSPS) is 20.6. The van der Waals surface area contributed by atoms with Crippen molar-refractivity contribution in [3.05, 3.63) is 58.6 Å². The van der Waals surface area contributed by atoms with Gasteiger partial charge in [-0.1, -0.05) is 29.8 Å². The van der Waals surface area contributed by atoms with E-state index < -0.39 is 9.84 Å². The minimum atomic E-state index is -3.48. The lowest BCUT2D eigenvalue weighted by atomic mass is 10.0. The van der Waals surface area contributed by atoms with Crippen molar-refractivity contribution in [3.8, 4) is 0 Å². The molecule has 2 saturated heterocycles. The molecule has 2 amide bonds. The Balaban J connectivity index is 1.29. The molecule has 2 unspecified atom stereocenters. The molecule has 2 fully saturated rings. The number of anilines is 1. The number of amides is 2. The van der Waals surface area contributed by atoms with Gasteiger partial charge in [-0.3, -0.25) is 9.59 Å². The Hall–Kier alpha value is -2.42. The van der Waals surface area contributed by atoms with Crippen molar-refractivity contribution in [3.63, 3.8) is 0 Å². The second kappa shape index (κ2) is 9.44. The molecule has 0 bridgehead atoms. The van der Waals surface area contributed by atoms with E-state index in [2.05, 4.69) is 10.2 Å². The van der Waals surface area contributed by atoms with Crippen LogP contribution < -0.4 is 5.32 Å². The molecule has 4 rings (SSSR count). The summed E-state index contributed by atoms with van der Waals surface area (Å²) in [6, 6.07) is 11.9. The van der Waals surface area contributed by atoms with Gasteiger partial charge < -0.3 is 15.1 Å². The van der Waals surface area contributed by atoms with Crippen LogP contribution in [0.15, 0.2) is 47.4 Å². The van der Waals surface area contributed by atoms with Crippen molar-refractivity contribution in [2.45, 2.75) is 18.2 Å². The molecule has 0 saturated carbocycles. The molecular formula is C24H28ClN3O4S. The molecule has 176 valence electrons. The van der Waals surface area contributed by atoms with Crippen LogP contribution in [0.25, 0.3) is 0 Å². The lowest BCUT2D eigenvalue weighted by Crippen LogP contribution is -2.34. The molecule has 0 aromatic heterocycles. The summed E-state index contributed by atoms with van der Waals surface area (Å²) >= 11 is 6.12. The monoisotopic (exact) mass is 489 g/mol. The molecular weight excluding hydrogens is 462 g/mol. The van der Waals surface area contributed by atoms with Crippen molar-refractivity contribution in [2.75, 3.05) is 44.3 Å². The molecule has 2 heterocycles. The SMILES string of the molecule is Cc1ccc(NC(=O)CCN2CC3CN(C(=O)c4ccccc4S(C)(=O)=O)CC3C2)cc1Cl. The first-order chi connectivity index (χ1) is 15.6. The molecule has 0 radical (unpaired) electrons. The summed E-state index contributed by atoms with van der Waals surface area (Å²) in [7, 11) is -3.48. The second-order valence-corrected chi connectivity index (χ2v) is 11.4. The number of sulfone groups is 1. The highest BCUT2D eigenvalue weighted by molar-refractivity contribution is 7.90. The van der Waals surface area contributed by atoms with Crippen LogP contribution in [-0.4, -0.2) is 69.0 Å². The van der Waals surface area contributed by atoms with Gasteiger partial charge in [0.1, 0.15) is 0 Å². The Morgan fingerprint density at radius 3 is 2.36 bits per heavy atom. The van der Waals surface area contributed by atoms with Gasteiger partial charge in [0.15, 0.2) is 9.84 Å². The Kier molecular flexibility index (Phi) is 6.79. The summed E-state index contributed by atoms with van der Waals surface area (Å²) in [5.41, 5.74) is 1.90. The number of hydrogen-bond acceptors (Lipinski definition) is 5. The van der Waals surface area contributed by atoms with E-state index in [1.165, 1.54) is 6.07 Å². The Bertz CT molecular complexity index is 1170. The van der Waals surface area contributed by atoms with E-state index in [1.807, 2.05) is 19.1 Å². The van der Waals surface area contributed by atoms with Crippen LogP contribution >= 0.6 is 11.6 Å². The van der Waals surface area contributed by atoms with Gasteiger partial charge >= 0.3 is 0 Å². The van der Waals surface area contributed by atoms with Crippen molar-refractivity contribution in [1.82, 2.24) is 9.80 Å². The van der Waals surface area contributed by atoms with Crippen LogP contribution in [0.2, 0.25) is 5.02 Å². The molecule has 7 nitrogen and oxygen atoms in total. The number of halogens is 1. The van der Waals surface area contributed by atoms with Gasteiger partial charge in [-0.25, -0.2) is 8.42 Å². The number of benzene rings is 2. The summed E-state index contributed by atoms with van der Waals surface area (Å²) in [5.74, 6) is 0.380. The Labute approximate surface area is 199 Å². The maximum absolute atomic E-state index is 13.0. The number of carbonyl (C=O) groups excluding carboxylic acids is 2. The smallest absolute Gasteiger partial charge is 0.255 e. The first-order valence-electron chi connectivity index (χ1n) is 11.0. The van der Waals surface area contributed by atoms with E-state index in [-0.39, 0.29) is 22.3 Å². The van der Waals surface area contributed by atoms with Gasteiger partial charge in [0.25, 0.3) is 5.91 Å². The van der Waals surface area contributed by atoms with Crippen molar-refractivity contribution in [1.29, 1.82) is 0 Å². The largest absolute Gasteiger partial charge is 0.338 e. The van der Waals surface area contributed by atoms with Gasteiger partial charge in [0, 0.05) is 56.1 Å². The van der Waals surface area contributed by atoms with Gasteiger partial charge in [-0.2, -0.15) is 0 Å². The molecule has 2 aliphatic rings. The van der Waals surface area contributed by atoms with Crippen LogP contribution in [0.1, 0.15) is 22.3 Å². The maximum Gasteiger partial charge on any atom is 0.255 e. The molecule has 0 aliphatic carbocycles. The Morgan fingerprint density at radius 1 is 1.06 bits per heavy atom. The van der Waals surface area contributed by atoms with Gasteiger partial charge in [0.2, 0.25) is 5.91 Å². The van der Waals surface area contributed by atoms with Crippen molar-refractivity contribution >= 4 is 38.9 Å². The van der Waals surface area contributed by atoms with E-state index >= 15 is 0 Å². The molecule has 0 spiro atoms. The first-order valence-corrected chi connectivity index (χ1v) is 13.3. The van der Waals surface area contributed by atoms with Gasteiger partial charge in [-0.15, -0.1) is 0 Å². The zero-order valence-corrected chi connectivity index (χ0v) is 20.3. The highest BCUT2D eigenvalue weighted by Gasteiger charge is 2.42. The quantitative estimate of drug-likeness (QED) is 0.673. The first kappa shape index (κ1) is 23.7. The van der Waals surface area contributed by atoms with Gasteiger partial charge in [0.05, 0.1) is 10.5 Å². The lowest BCUT2D eigenvalue weighted by molar-refractivity contribution is -0.116. The van der Waals surface area contributed by atoms with Crippen molar-refractivity contribution < 1.29 is 18.0 Å². The topological polar surface area (TPSA) is 86.8 Å². The van der Waals surface area contributed by atoms with Crippen LogP contribution in [0.5, 0.6) is 0 Å². The van der Waals surface area contributed by atoms with Crippen LogP contribution in [-0.2, 0) is 14.6 Å². The zero-order chi connectivity index (χ0) is 23.8. The number of carbonyl (C=O) groups is 2. The highest BCUT2D eigenvalue weighted by Crippen LogP contribution is 2.32. The second-order valence-electron chi connectivity index (χ2n) is 9.02. The maximum atomic E-state index is 13.0. The summed E-state index contributed by atoms with van der Waals surface area (Å²) < 4.78 is 24.1. The fourth-order valence-electron chi connectivity index (χ4n) is 4.73. The van der Waals surface area contributed by atoms with Crippen LogP contribution in [0, 0.1) is 18.8 Å². The predicted octanol–water partition coefficient (Wildman–Crippen LogP) is 3.08. The van der Waals surface area contributed by atoms with E-state index in [1.54, 1.807) is 29.2 Å². The summed E-state index contributed by atoms with van der Waals surface area (Å²) in [5, 5.41) is 3.51. The zero-order valence-electron chi connectivity index (χ0n) is 18.8. The molecule has 2 aliphatic heterocycles. The number of likely N-dealkylation sites (tertiary alicyclic amines) is 2. The summed E-state index contributed by atoms with van der Waals surface area (Å²) in [4.78, 5) is 29.5. The third-order valence-corrected chi connectivity index (χ3v) is 8.04. The van der Waals surface area contributed by atoms with Crippen molar-refractivity contribution in [2.24, 2.45) is 11.8 Å². The third-order valence-electron chi connectivity index (χ3n) is 6.48. The average molecular weight is 490 g/mol. The van der Waals surface area contributed by atoms with E-state index in [4.69, 9.17) is 11.6 Å². The standard InChI is InChI=1S/C24H28ClN3O4S/c1-16-7-8-19(11-21(16)25)26-23(29)9-10-27-12-17-14-28(15-18(17)13-27)24(30)20-5-3-4-6-22(20)33(2,31)32/h3-8,11,17-18H,9-10,12-15H2,1-2H3,(H,26,29). The lowest BCUT2D eigenvalue weighted by Gasteiger charge is -2.22. The number of nitrogens with one attached hydrogen (secondary N) is 1.